The predicted molar refractivity (Wildman–Crippen MR) is 103 cm³/mol. The van der Waals surface area contributed by atoms with Crippen molar-refractivity contribution in [2.45, 2.75) is 30.5 Å². The number of nitrogens with zero attached hydrogens (tertiary/aromatic N) is 3. The molecule has 3 aromatic rings. The quantitative estimate of drug-likeness (QED) is 0.655. The lowest BCUT2D eigenvalue weighted by Gasteiger charge is -2.09. The topological polar surface area (TPSA) is 94.0 Å². The lowest BCUT2D eigenvalue weighted by Crippen LogP contribution is -2.15. The number of amides is 1. The number of hydrogen-bond acceptors (Lipinski definition) is 5. The largest absolute Gasteiger partial charge is 0.333 e. The van der Waals surface area contributed by atoms with Crippen molar-refractivity contribution in [1.29, 1.82) is 0 Å². The van der Waals surface area contributed by atoms with E-state index < -0.39 is 27.5 Å². The number of aromatic nitrogens is 3. The molecule has 0 radical (unpaired) electrons. The van der Waals surface area contributed by atoms with Crippen molar-refractivity contribution < 1.29 is 22.0 Å². The van der Waals surface area contributed by atoms with Gasteiger partial charge in [-0.05, 0) is 55.8 Å². The normalized spacial score (nSPS) is 11.8. The zero-order valence-corrected chi connectivity index (χ0v) is 16.4. The van der Waals surface area contributed by atoms with Crippen molar-refractivity contribution in [3.63, 3.8) is 0 Å². The Hall–Kier alpha value is -3.14. The number of carbonyl (C=O) groups is 1. The van der Waals surface area contributed by atoms with E-state index in [1.807, 2.05) is 0 Å². The van der Waals surface area contributed by atoms with Crippen LogP contribution in [0.3, 0.4) is 0 Å². The molecule has 2 aromatic heterocycles. The van der Waals surface area contributed by atoms with Crippen LogP contribution in [-0.4, -0.2) is 34.3 Å². The summed E-state index contributed by atoms with van der Waals surface area (Å²) in [6.45, 7) is 0.430. The highest BCUT2D eigenvalue weighted by molar-refractivity contribution is 7.92. The van der Waals surface area contributed by atoms with E-state index >= 15 is 0 Å². The molecule has 152 valence electrons. The van der Waals surface area contributed by atoms with Crippen LogP contribution < -0.4 is 5.32 Å². The number of benzene rings is 1. The summed E-state index contributed by atoms with van der Waals surface area (Å²) < 4.78 is 50.2. The lowest BCUT2D eigenvalue weighted by atomic mass is 10.1. The van der Waals surface area contributed by atoms with Gasteiger partial charge >= 0.3 is 6.55 Å². The lowest BCUT2D eigenvalue weighted by molar-refractivity contribution is 0.0566. The van der Waals surface area contributed by atoms with Crippen LogP contribution in [0, 0.1) is 0 Å². The van der Waals surface area contributed by atoms with E-state index in [1.54, 1.807) is 19.9 Å². The molecule has 0 saturated heterocycles. The number of hydrogen-bond donors (Lipinski definition) is 1. The molecule has 0 aliphatic rings. The smallest absolute Gasteiger partial charge is 0.321 e. The van der Waals surface area contributed by atoms with E-state index in [9.17, 15) is 22.0 Å². The Morgan fingerprint density at radius 3 is 2.38 bits per heavy atom. The van der Waals surface area contributed by atoms with Crippen molar-refractivity contribution in [2.24, 2.45) is 0 Å². The SMILES string of the molecule is CC(C)S(=O)(=O)c1ccc(NC(=O)c2cc(-c3cnn(C(F)F)c3)ccn2)cc1. The van der Waals surface area contributed by atoms with Gasteiger partial charge in [-0.3, -0.25) is 9.78 Å². The summed E-state index contributed by atoms with van der Waals surface area (Å²) in [5, 5.41) is 5.65. The number of rotatable bonds is 6. The minimum absolute atomic E-state index is 0.0752. The monoisotopic (exact) mass is 420 g/mol. The number of nitrogens with one attached hydrogen (secondary N) is 1. The summed E-state index contributed by atoms with van der Waals surface area (Å²) in [4.78, 5) is 16.6. The molecular formula is C19H18F2N4O3S. The summed E-state index contributed by atoms with van der Waals surface area (Å²) in [5.41, 5.74) is 1.40. The molecule has 1 amide bonds. The number of halogens is 2. The molecule has 10 heteroatoms. The van der Waals surface area contributed by atoms with E-state index in [-0.39, 0.29) is 10.6 Å². The Morgan fingerprint density at radius 2 is 1.79 bits per heavy atom. The first kappa shape index (κ1) is 20.6. The molecule has 0 aliphatic carbocycles. The first-order valence-corrected chi connectivity index (χ1v) is 10.2. The molecule has 0 atom stereocenters. The van der Waals surface area contributed by atoms with Crippen LogP contribution in [0.1, 0.15) is 30.9 Å². The molecule has 3 rings (SSSR count). The van der Waals surface area contributed by atoms with Gasteiger partial charge in [-0.1, -0.05) is 0 Å². The second-order valence-electron chi connectivity index (χ2n) is 6.49. The molecule has 0 unspecified atom stereocenters. The minimum atomic E-state index is -3.40. The Labute approximate surface area is 166 Å². The third kappa shape index (κ3) is 4.48. The fraction of sp³-hybridized carbons (Fsp3) is 0.211. The van der Waals surface area contributed by atoms with Crippen LogP contribution in [0.5, 0.6) is 0 Å². The third-order valence-corrected chi connectivity index (χ3v) is 6.36. The van der Waals surface area contributed by atoms with E-state index in [2.05, 4.69) is 15.4 Å². The van der Waals surface area contributed by atoms with Gasteiger partial charge in [0.25, 0.3) is 5.91 Å². The van der Waals surface area contributed by atoms with Crippen LogP contribution in [-0.2, 0) is 9.84 Å². The first-order chi connectivity index (χ1) is 13.7. The van der Waals surface area contributed by atoms with E-state index in [0.29, 0.717) is 21.5 Å². The van der Waals surface area contributed by atoms with Crippen LogP contribution in [0.15, 0.2) is 59.9 Å². The van der Waals surface area contributed by atoms with Crippen molar-refractivity contribution in [1.82, 2.24) is 14.8 Å². The second kappa shape index (κ2) is 8.08. The Morgan fingerprint density at radius 1 is 1.10 bits per heavy atom. The van der Waals surface area contributed by atoms with E-state index in [1.165, 1.54) is 48.9 Å². The van der Waals surface area contributed by atoms with Gasteiger partial charge in [0.1, 0.15) is 5.69 Å². The number of alkyl halides is 2. The van der Waals surface area contributed by atoms with Gasteiger partial charge in [-0.25, -0.2) is 13.1 Å². The highest BCUT2D eigenvalue weighted by atomic mass is 32.2. The average molecular weight is 420 g/mol. The molecule has 1 aromatic carbocycles. The minimum Gasteiger partial charge on any atom is -0.321 e. The van der Waals surface area contributed by atoms with Crippen molar-refractivity contribution in [3.05, 3.63) is 60.7 Å². The predicted octanol–water partition coefficient (Wildman–Crippen LogP) is 3.77. The van der Waals surface area contributed by atoms with Crippen molar-refractivity contribution in [2.75, 3.05) is 5.32 Å². The molecule has 29 heavy (non-hydrogen) atoms. The summed E-state index contributed by atoms with van der Waals surface area (Å²) >= 11 is 0. The van der Waals surface area contributed by atoms with Gasteiger partial charge < -0.3 is 5.32 Å². The summed E-state index contributed by atoms with van der Waals surface area (Å²) in [6.07, 6.45) is 3.84. The van der Waals surface area contributed by atoms with Crippen molar-refractivity contribution in [3.8, 4) is 11.1 Å². The van der Waals surface area contributed by atoms with Gasteiger partial charge in [0, 0.05) is 23.6 Å². The molecule has 7 nitrogen and oxygen atoms in total. The fourth-order valence-corrected chi connectivity index (χ4v) is 3.58. The Balaban J connectivity index is 1.77. The fourth-order valence-electron chi connectivity index (χ4n) is 2.52. The molecule has 1 N–H and O–H groups in total. The van der Waals surface area contributed by atoms with Crippen molar-refractivity contribution >= 4 is 21.4 Å². The number of pyridine rings is 1. The van der Waals surface area contributed by atoms with Crippen LogP contribution in [0.25, 0.3) is 11.1 Å². The van der Waals surface area contributed by atoms with E-state index in [0.717, 1.165) is 0 Å². The average Bonchev–Trinajstić information content (AvgIpc) is 3.19. The molecule has 0 fully saturated rings. The molecule has 0 spiro atoms. The first-order valence-electron chi connectivity index (χ1n) is 8.62. The van der Waals surface area contributed by atoms with Gasteiger partial charge in [0.05, 0.1) is 16.3 Å². The van der Waals surface area contributed by atoms with Gasteiger partial charge in [-0.15, -0.1) is 0 Å². The van der Waals surface area contributed by atoms with Gasteiger partial charge in [-0.2, -0.15) is 13.9 Å². The molecule has 0 bridgehead atoms. The highest BCUT2D eigenvalue weighted by Crippen LogP contribution is 2.22. The van der Waals surface area contributed by atoms with Gasteiger partial charge in [0.15, 0.2) is 9.84 Å². The number of anilines is 1. The Kier molecular flexibility index (Phi) is 5.73. The second-order valence-corrected chi connectivity index (χ2v) is 8.99. The molecule has 0 saturated carbocycles. The molecule has 2 heterocycles. The summed E-state index contributed by atoms with van der Waals surface area (Å²) in [5.74, 6) is -0.521. The van der Waals surface area contributed by atoms with Crippen LogP contribution in [0.4, 0.5) is 14.5 Å². The number of sulfone groups is 1. The Bertz CT molecular complexity index is 1130. The van der Waals surface area contributed by atoms with Crippen LogP contribution >= 0.6 is 0 Å². The van der Waals surface area contributed by atoms with Crippen LogP contribution in [0.2, 0.25) is 0 Å². The molecular weight excluding hydrogens is 402 g/mol. The maximum atomic E-state index is 12.7. The maximum Gasteiger partial charge on any atom is 0.333 e. The maximum absolute atomic E-state index is 12.7. The zero-order chi connectivity index (χ0) is 21.2. The standard InChI is InChI=1S/C19H18F2N4O3S/c1-12(2)29(27,28)16-5-3-15(4-6-16)24-18(26)17-9-13(7-8-22-17)14-10-23-25(11-14)19(20)21/h3-12,19H,1-2H3,(H,24,26). The summed E-state index contributed by atoms with van der Waals surface area (Å²) in [7, 11) is -3.40. The highest BCUT2D eigenvalue weighted by Gasteiger charge is 2.19. The van der Waals surface area contributed by atoms with Gasteiger partial charge in [0.2, 0.25) is 0 Å². The van der Waals surface area contributed by atoms with E-state index in [4.69, 9.17) is 0 Å². The third-order valence-electron chi connectivity index (χ3n) is 4.19. The summed E-state index contributed by atoms with van der Waals surface area (Å²) in [6, 6.07) is 8.86. The zero-order valence-electron chi connectivity index (χ0n) is 15.6. The molecule has 0 aliphatic heterocycles. The number of carbonyl (C=O) groups excluding carboxylic acids is 1.